The molecule has 0 spiro atoms. The minimum atomic E-state index is 0.226. The van der Waals surface area contributed by atoms with Crippen molar-refractivity contribution in [2.75, 3.05) is 0 Å². The van der Waals surface area contributed by atoms with Gasteiger partial charge in [-0.2, -0.15) is 0 Å². The summed E-state index contributed by atoms with van der Waals surface area (Å²) in [6, 6.07) is 62.0. The average molecular weight is 688 g/mol. The normalized spacial score (nSPS) is 14.3. The summed E-state index contributed by atoms with van der Waals surface area (Å²) in [5.74, 6) is 0.226. The van der Waals surface area contributed by atoms with E-state index in [0.717, 1.165) is 46.4 Å². The minimum Gasteiger partial charge on any atom is -0.308 e. The summed E-state index contributed by atoms with van der Waals surface area (Å²) in [5, 5.41) is 7.95. The van der Waals surface area contributed by atoms with Crippen LogP contribution in [0.4, 0.5) is 0 Å². The summed E-state index contributed by atoms with van der Waals surface area (Å²) in [5.41, 5.74) is 16.6. The number of benzene rings is 8. The Morgan fingerprint density at radius 3 is 1.83 bits per heavy atom. The van der Waals surface area contributed by atoms with E-state index in [4.69, 9.17) is 9.97 Å². The molecule has 1 aliphatic rings. The smallest absolute Gasteiger partial charge is 0.0973 e. The molecule has 0 unspecified atom stereocenters. The van der Waals surface area contributed by atoms with Crippen LogP contribution in [0.5, 0.6) is 0 Å². The summed E-state index contributed by atoms with van der Waals surface area (Å²) < 4.78 is 2.51. The number of fused-ring (bicyclic) bond motifs is 12. The first-order valence-electron chi connectivity index (χ1n) is 18.9. The number of rotatable bonds is 3. The van der Waals surface area contributed by atoms with E-state index >= 15 is 0 Å². The van der Waals surface area contributed by atoms with E-state index in [1.807, 2.05) is 24.3 Å². The first-order chi connectivity index (χ1) is 26.8. The molecule has 8 aromatic carbocycles. The lowest BCUT2D eigenvalue weighted by molar-refractivity contribution is 0.727. The summed E-state index contributed by atoms with van der Waals surface area (Å²) in [4.78, 5) is 10.3. The Morgan fingerprint density at radius 2 is 1.09 bits per heavy atom. The van der Waals surface area contributed by atoms with Crippen molar-refractivity contribution in [1.82, 2.24) is 14.4 Å². The Labute approximate surface area is 312 Å². The lowest BCUT2D eigenvalue weighted by atomic mass is 9.83. The van der Waals surface area contributed by atoms with E-state index in [2.05, 4.69) is 150 Å². The van der Waals surface area contributed by atoms with Crippen molar-refractivity contribution < 1.29 is 0 Å². The highest BCUT2D eigenvalue weighted by Crippen LogP contribution is 2.51. The van der Waals surface area contributed by atoms with Crippen LogP contribution in [0.15, 0.2) is 170 Å². The second kappa shape index (κ2) is 11.3. The standard InChI is InChI=1S/C51H33N3/c1-2-12-32(13-3-1)49-50(53-44-19-9-8-18-43(44)52-49)33-24-22-31(23-25-33)37-27-26-36-30-42-38-16-6-10-20-45(38)54-46-21-11-7-17-39(46)48(51(42)54)47(36)41-29-35-15-5-4-14-34(35)28-40(37)41/h1-25,28-30,37H,26-27H2/t37-/m0/s1. The van der Waals surface area contributed by atoms with Crippen LogP contribution in [-0.2, 0) is 6.42 Å². The van der Waals surface area contributed by atoms with Crippen LogP contribution in [0.2, 0.25) is 0 Å². The van der Waals surface area contributed by atoms with Gasteiger partial charge in [-0.15, -0.1) is 0 Å². The van der Waals surface area contributed by atoms with Crippen LogP contribution >= 0.6 is 0 Å². The number of nitrogens with zero attached hydrogens (tertiary/aromatic N) is 3. The van der Waals surface area contributed by atoms with Crippen LogP contribution in [0.25, 0.3) is 93.5 Å². The van der Waals surface area contributed by atoms with Crippen molar-refractivity contribution >= 4 is 59.9 Å². The maximum atomic E-state index is 5.20. The van der Waals surface area contributed by atoms with Crippen LogP contribution in [0.3, 0.4) is 0 Å². The zero-order valence-corrected chi connectivity index (χ0v) is 29.5. The molecule has 0 bridgehead atoms. The van der Waals surface area contributed by atoms with Crippen molar-refractivity contribution in [3.05, 3.63) is 187 Å². The van der Waals surface area contributed by atoms with Gasteiger partial charge in [-0.1, -0.05) is 127 Å². The molecule has 1 atom stereocenters. The van der Waals surface area contributed by atoms with Gasteiger partial charge in [0.1, 0.15) is 0 Å². The van der Waals surface area contributed by atoms with E-state index in [9.17, 15) is 0 Å². The second-order valence-electron chi connectivity index (χ2n) is 14.8. The second-order valence-corrected chi connectivity index (χ2v) is 14.8. The van der Waals surface area contributed by atoms with E-state index in [1.54, 1.807) is 0 Å². The van der Waals surface area contributed by atoms with E-state index in [-0.39, 0.29) is 5.92 Å². The Bertz CT molecular complexity index is 3270. The van der Waals surface area contributed by atoms with Gasteiger partial charge < -0.3 is 4.40 Å². The summed E-state index contributed by atoms with van der Waals surface area (Å²) in [7, 11) is 0. The predicted molar refractivity (Wildman–Crippen MR) is 225 cm³/mol. The molecule has 252 valence electrons. The van der Waals surface area contributed by atoms with Crippen molar-refractivity contribution in [1.29, 1.82) is 0 Å². The number of hydrogen-bond acceptors (Lipinski definition) is 2. The van der Waals surface area contributed by atoms with E-state index < -0.39 is 0 Å². The summed E-state index contributed by atoms with van der Waals surface area (Å²) >= 11 is 0. The van der Waals surface area contributed by atoms with Gasteiger partial charge in [-0.25, -0.2) is 9.97 Å². The first kappa shape index (κ1) is 29.7. The highest BCUT2D eigenvalue weighted by molar-refractivity contribution is 6.28. The zero-order chi connectivity index (χ0) is 35.3. The van der Waals surface area contributed by atoms with E-state index in [1.165, 1.54) is 76.7 Å². The molecule has 1 aliphatic carbocycles. The molecule has 0 radical (unpaired) electrons. The van der Waals surface area contributed by atoms with Gasteiger partial charge in [0, 0.05) is 38.6 Å². The third-order valence-electron chi connectivity index (χ3n) is 11.9. The third-order valence-corrected chi connectivity index (χ3v) is 11.9. The number of para-hydroxylation sites is 4. The summed E-state index contributed by atoms with van der Waals surface area (Å²) in [6.45, 7) is 0. The molecule has 0 aliphatic heterocycles. The molecule has 0 N–H and O–H groups in total. The molecule has 3 nitrogen and oxygen atoms in total. The van der Waals surface area contributed by atoms with E-state index in [0.29, 0.717) is 0 Å². The van der Waals surface area contributed by atoms with Crippen LogP contribution < -0.4 is 0 Å². The van der Waals surface area contributed by atoms with Gasteiger partial charge in [0.25, 0.3) is 0 Å². The molecule has 3 heterocycles. The lowest BCUT2D eigenvalue weighted by Crippen LogP contribution is -2.03. The molecule has 0 fully saturated rings. The Balaban J connectivity index is 1.08. The van der Waals surface area contributed by atoms with Gasteiger partial charge in [-0.3, -0.25) is 0 Å². The van der Waals surface area contributed by atoms with Crippen molar-refractivity contribution in [3.63, 3.8) is 0 Å². The maximum Gasteiger partial charge on any atom is 0.0973 e. The molecule has 12 rings (SSSR count). The third kappa shape index (κ3) is 4.24. The molecule has 0 saturated heterocycles. The SMILES string of the molecule is c1ccc(-c2nc3ccccc3nc2-c2ccc([C@@H]3CCc4cc5c6ccccc6n6c7ccccc7c(c4-c4cc7ccccc7cc43)c56)cc2)cc1. The fourth-order valence-electron chi connectivity index (χ4n) is 9.52. The van der Waals surface area contributed by atoms with Gasteiger partial charge in [0.2, 0.25) is 0 Å². The fraction of sp³-hybridized carbons (Fsp3) is 0.0588. The number of hydrogen-bond donors (Lipinski definition) is 0. The fourth-order valence-corrected chi connectivity index (χ4v) is 9.52. The van der Waals surface area contributed by atoms with Crippen LogP contribution in [0, 0.1) is 0 Å². The average Bonchev–Trinajstić information content (AvgIpc) is 3.70. The Morgan fingerprint density at radius 1 is 0.500 bits per heavy atom. The van der Waals surface area contributed by atoms with Gasteiger partial charge in [-0.05, 0) is 93.9 Å². The highest BCUT2D eigenvalue weighted by Gasteiger charge is 2.30. The predicted octanol–water partition coefficient (Wildman–Crippen LogP) is 13.0. The van der Waals surface area contributed by atoms with Crippen molar-refractivity contribution in [3.8, 4) is 33.6 Å². The molecule has 0 amide bonds. The lowest BCUT2D eigenvalue weighted by Gasteiger charge is -2.20. The van der Waals surface area contributed by atoms with Crippen molar-refractivity contribution in [2.45, 2.75) is 18.8 Å². The molecule has 11 aromatic rings. The Hall–Kier alpha value is -6.84. The minimum absolute atomic E-state index is 0.226. The first-order valence-corrected chi connectivity index (χ1v) is 18.9. The molecule has 3 heteroatoms. The summed E-state index contributed by atoms with van der Waals surface area (Å²) in [6.07, 6.45) is 2.01. The molecular formula is C51H33N3. The molecule has 0 saturated carbocycles. The number of aromatic nitrogens is 3. The van der Waals surface area contributed by atoms with Crippen molar-refractivity contribution in [2.24, 2.45) is 0 Å². The van der Waals surface area contributed by atoms with Crippen LogP contribution in [0.1, 0.15) is 29.0 Å². The quantitative estimate of drug-likeness (QED) is 0.185. The topological polar surface area (TPSA) is 30.2 Å². The molecule has 54 heavy (non-hydrogen) atoms. The largest absolute Gasteiger partial charge is 0.308 e. The maximum absolute atomic E-state index is 5.20. The number of aryl methyl sites for hydroxylation is 1. The molecular weight excluding hydrogens is 655 g/mol. The highest BCUT2D eigenvalue weighted by atomic mass is 14.9. The zero-order valence-electron chi connectivity index (χ0n) is 29.5. The Kier molecular flexibility index (Phi) is 6.23. The van der Waals surface area contributed by atoms with Crippen LogP contribution in [-0.4, -0.2) is 14.4 Å². The van der Waals surface area contributed by atoms with Gasteiger partial charge >= 0.3 is 0 Å². The van der Waals surface area contributed by atoms with Gasteiger partial charge in [0.15, 0.2) is 0 Å². The molecule has 3 aromatic heterocycles. The van der Waals surface area contributed by atoms with Gasteiger partial charge in [0.05, 0.1) is 39.0 Å². The monoisotopic (exact) mass is 687 g/mol.